The highest BCUT2D eigenvalue weighted by atomic mass is 15.0. The molecule has 0 bridgehead atoms. The summed E-state index contributed by atoms with van der Waals surface area (Å²) in [5.41, 5.74) is 5.21. The minimum atomic E-state index is 0.138. The van der Waals surface area contributed by atoms with Crippen molar-refractivity contribution < 1.29 is 0 Å². The summed E-state index contributed by atoms with van der Waals surface area (Å²) in [7, 11) is 0. The van der Waals surface area contributed by atoms with Crippen molar-refractivity contribution in [1.29, 1.82) is 0 Å². The standard InChI is InChI=1S/C27H32N2/c1-26(2)17-24(18-27(3,4)29-26)25-16-15-23(19-28-25)22-13-11-21(12-14-22)20-9-7-5-6-8-10-20/h5-16,19-20,24,29H,17-18H2,1-4H3. The Morgan fingerprint density at radius 1 is 0.759 bits per heavy atom. The van der Waals surface area contributed by atoms with Gasteiger partial charge in [-0.3, -0.25) is 4.98 Å². The lowest BCUT2D eigenvalue weighted by Crippen LogP contribution is -2.57. The van der Waals surface area contributed by atoms with Gasteiger partial charge in [0, 0.05) is 40.4 Å². The van der Waals surface area contributed by atoms with Crippen LogP contribution in [0.1, 0.15) is 63.6 Å². The Bertz CT molecular complexity index is 896. The normalized spacial score (nSPS) is 21.2. The van der Waals surface area contributed by atoms with Gasteiger partial charge in [0.25, 0.3) is 0 Å². The maximum Gasteiger partial charge on any atom is 0.0436 e. The fraction of sp³-hybridized carbons (Fsp3) is 0.370. The van der Waals surface area contributed by atoms with Gasteiger partial charge in [-0.05, 0) is 57.7 Å². The quantitative estimate of drug-likeness (QED) is 0.650. The van der Waals surface area contributed by atoms with E-state index in [0.717, 1.165) is 12.8 Å². The predicted molar refractivity (Wildman–Crippen MR) is 123 cm³/mol. The van der Waals surface area contributed by atoms with E-state index in [2.05, 4.69) is 106 Å². The highest BCUT2D eigenvalue weighted by molar-refractivity contribution is 5.63. The van der Waals surface area contributed by atoms with Crippen molar-refractivity contribution >= 4 is 0 Å². The van der Waals surface area contributed by atoms with Crippen molar-refractivity contribution in [2.45, 2.75) is 63.5 Å². The molecule has 1 aromatic carbocycles. The molecule has 0 saturated carbocycles. The zero-order valence-electron chi connectivity index (χ0n) is 18.0. The average molecular weight is 385 g/mol. The van der Waals surface area contributed by atoms with E-state index in [1.807, 2.05) is 6.20 Å². The van der Waals surface area contributed by atoms with Gasteiger partial charge in [0.15, 0.2) is 0 Å². The van der Waals surface area contributed by atoms with Gasteiger partial charge >= 0.3 is 0 Å². The molecular formula is C27H32N2. The molecule has 0 radical (unpaired) electrons. The summed E-state index contributed by atoms with van der Waals surface area (Å²) in [6, 6.07) is 13.3. The van der Waals surface area contributed by atoms with Crippen LogP contribution in [0.25, 0.3) is 11.1 Å². The second-order valence-electron chi connectivity index (χ2n) is 9.77. The third-order valence-electron chi connectivity index (χ3n) is 5.99. The van der Waals surface area contributed by atoms with Gasteiger partial charge in [-0.25, -0.2) is 0 Å². The third kappa shape index (κ3) is 4.76. The molecule has 4 rings (SSSR count). The van der Waals surface area contributed by atoms with Gasteiger partial charge in [-0.2, -0.15) is 0 Å². The highest BCUT2D eigenvalue weighted by Crippen LogP contribution is 2.38. The van der Waals surface area contributed by atoms with Crippen molar-refractivity contribution in [2.75, 3.05) is 0 Å². The first kappa shape index (κ1) is 19.8. The molecule has 1 N–H and O–H groups in total. The molecule has 2 aromatic rings. The van der Waals surface area contributed by atoms with Crippen molar-refractivity contribution in [1.82, 2.24) is 10.3 Å². The number of nitrogens with one attached hydrogen (secondary N) is 1. The summed E-state index contributed by atoms with van der Waals surface area (Å²) < 4.78 is 0. The smallest absolute Gasteiger partial charge is 0.0436 e. The summed E-state index contributed by atoms with van der Waals surface area (Å²) in [5, 5.41) is 3.76. The van der Waals surface area contributed by atoms with Gasteiger partial charge in [0.05, 0.1) is 0 Å². The molecule has 0 atom stereocenters. The molecule has 0 unspecified atom stereocenters. The number of aromatic nitrogens is 1. The average Bonchev–Trinajstić information content (AvgIpc) is 2.95. The topological polar surface area (TPSA) is 24.9 Å². The first-order chi connectivity index (χ1) is 13.8. The molecule has 1 saturated heterocycles. The molecule has 1 aliphatic carbocycles. The van der Waals surface area contributed by atoms with E-state index in [1.165, 1.54) is 22.4 Å². The summed E-state index contributed by atoms with van der Waals surface area (Å²) in [6.07, 6.45) is 17.1. The van der Waals surface area contributed by atoms with Gasteiger partial charge in [-0.1, -0.05) is 66.8 Å². The second-order valence-corrected chi connectivity index (χ2v) is 9.77. The van der Waals surface area contributed by atoms with Crippen LogP contribution in [0.3, 0.4) is 0 Å². The SMILES string of the molecule is CC1(C)CC(c2ccc(-c3ccc(C4C=CC=CC=C4)cc3)cn2)CC(C)(C)N1. The molecule has 2 heteroatoms. The lowest BCUT2D eigenvalue weighted by atomic mass is 9.74. The number of nitrogens with zero attached hydrogens (tertiary/aromatic N) is 1. The van der Waals surface area contributed by atoms with Crippen LogP contribution in [0.2, 0.25) is 0 Å². The lowest BCUT2D eigenvalue weighted by molar-refractivity contribution is 0.160. The van der Waals surface area contributed by atoms with E-state index >= 15 is 0 Å². The number of benzene rings is 1. The Morgan fingerprint density at radius 3 is 1.90 bits per heavy atom. The van der Waals surface area contributed by atoms with Crippen molar-refractivity contribution in [3.63, 3.8) is 0 Å². The molecule has 2 nitrogen and oxygen atoms in total. The first-order valence-electron chi connectivity index (χ1n) is 10.7. The summed E-state index contributed by atoms with van der Waals surface area (Å²) in [4.78, 5) is 4.88. The summed E-state index contributed by atoms with van der Waals surface area (Å²) >= 11 is 0. The third-order valence-corrected chi connectivity index (χ3v) is 5.99. The van der Waals surface area contributed by atoms with Crippen molar-refractivity contribution in [3.05, 3.63) is 90.3 Å². The maximum atomic E-state index is 4.88. The molecule has 1 aromatic heterocycles. The Balaban J connectivity index is 1.51. The molecule has 1 fully saturated rings. The molecule has 29 heavy (non-hydrogen) atoms. The minimum Gasteiger partial charge on any atom is -0.307 e. The van der Waals surface area contributed by atoms with Crippen LogP contribution in [0.4, 0.5) is 0 Å². The number of hydrogen-bond acceptors (Lipinski definition) is 2. The fourth-order valence-corrected chi connectivity index (χ4v) is 5.03. The van der Waals surface area contributed by atoms with E-state index in [1.54, 1.807) is 0 Å². The number of allylic oxidation sites excluding steroid dienone is 6. The number of hydrogen-bond donors (Lipinski definition) is 1. The van der Waals surface area contributed by atoms with Gasteiger partial charge in [0.2, 0.25) is 0 Å². The van der Waals surface area contributed by atoms with Crippen LogP contribution in [0.5, 0.6) is 0 Å². The zero-order chi connectivity index (χ0) is 20.5. The van der Waals surface area contributed by atoms with E-state index in [-0.39, 0.29) is 11.1 Å². The van der Waals surface area contributed by atoms with Crippen molar-refractivity contribution in [3.8, 4) is 11.1 Å². The summed E-state index contributed by atoms with van der Waals surface area (Å²) in [6.45, 7) is 9.19. The molecule has 0 spiro atoms. The molecule has 150 valence electrons. The lowest BCUT2D eigenvalue weighted by Gasteiger charge is -2.46. The molecule has 0 amide bonds. The Kier molecular flexibility index (Phi) is 5.31. The van der Waals surface area contributed by atoms with Crippen LogP contribution in [-0.4, -0.2) is 16.1 Å². The van der Waals surface area contributed by atoms with E-state index in [4.69, 9.17) is 4.98 Å². The van der Waals surface area contributed by atoms with E-state index < -0.39 is 0 Å². The van der Waals surface area contributed by atoms with Gasteiger partial charge in [0.1, 0.15) is 0 Å². The Labute approximate surface area is 175 Å². The monoisotopic (exact) mass is 384 g/mol. The molecule has 2 aliphatic rings. The van der Waals surface area contributed by atoms with Crippen LogP contribution in [0, 0.1) is 0 Å². The van der Waals surface area contributed by atoms with E-state index in [0.29, 0.717) is 11.8 Å². The largest absolute Gasteiger partial charge is 0.307 e. The highest BCUT2D eigenvalue weighted by Gasteiger charge is 2.38. The van der Waals surface area contributed by atoms with Crippen LogP contribution in [-0.2, 0) is 0 Å². The van der Waals surface area contributed by atoms with Gasteiger partial charge in [-0.15, -0.1) is 0 Å². The second kappa shape index (κ2) is 7.76. The molecule has 1 aliphatic heterocycles. The number of rotatable bonds is 3. The molecule has 2 heterocycles. The maximum absolute atomic E-state index is 4.88. The fourth-order valence-electron chi connectivity index (χ4n) is 5.03. The summed E-state index contributed by atoms with van der Waals surface area (Å²) in [5.74, 6) is 0.839. The predicted octanol–water partition coefficient (Wildman–Crippen LogP) is 6.54. The molecular weight excluding hydrogens is 352 g/mol. The first-order valence-corrected chi connectivity index (χ1v) is 10.7. The van der Waals surface area contributed by atoms with Gasteiger partial charge < -0.3 is 5.32 Å². The minimum absolute atomic E-state index is 0.138. The Hall–Kier alpha value is -2.45. The number of pyridine rings is 1. The van der Waals surface area contributed by atoms with Crippen LogP contribution >= 0.6 is 0 Å². The van der Waals surface area contributed by atoms with E-state index in [9.17, 15) is 0 Å². The number of piperidine rings is 1. The van der Waals surface area contributed by atoms with Crippen molar-refractivity contribution in [2.24, 2.45) is 0 Å². The zero-order valence-corrected chi connectivity index (χ0v) is 18.0. The Morgan fingerprint density at radius 2 is 1.34 bits per heavy atom. The van der Waals surface area contributed by atoms with Crippen LogP contribution in [0.15, 0.2) is 79.1 Å². The van der Waals surface area contributed by atoms with Crippen LogP contribution < -0.4 is 5.32 Å².